The van der Waals surface area contributed by atoms with Gasteiger partial charge in [0, 0.05) is 5.56 Å². The fraction of sp³-hybridized carbons (Fsp3) is 0.100. The van der Waals surface area contributed by atoms with Gasteiger partial charge in [-0.1, -0.05) is 6.07 Å². The summed E-state index contributed by atoms with van der Waals surface area (Å²) in [7, 11) is 0. The molecule has 3 nitrogen and oxygen atoms in total. The van der Waals surface area contributed by atoms with Crippen LogP contribution in [0.15, 0.2) is 24.4 Å². The van der Waals surface area contributed by atoms with E-state index in [1.165, 1.54) is 12.3 Å². The lowest BCUT2D eigenvalue weighted by Gasteiger charge is -2.02. The van der Waals surface area contributed by atoms with E-state index in [4.69, 9.17) is 5.73 Å². The second-order valence-electron chi connectivity index (χ2n) is 3.18. The Labute approximate surface area is 80.8 Å². The summed E-state index contributed by atoms with van der Waals surface area (Å²) in [5.74, 6) is -0.291. The lowest BCUT2D eigenvalue weighted by atomic mass is 10.1. The number of aromatic nitrogens is 2. The minimum Gasteiger partial charge on any atom is -0.396 e. The van der Waals surface area contributed by atoms with Gasteiger partial charge in [0.05, 0.1) is 17.6 Å². The summed E-state index contributed by atoms with van der Waals surface area (Å²) in [6.07, 6.45) is 1.47. The first-order valence-electron chi connectivity index (χ1n) is 4.24. The Kier molecular flexibility index (Phi) is 1.96. The smallest absolute Gasteiger partial charge is 0.132 e. The van der Waals surface area contributed by atoms with Gasteiger partial charge in [-0.05, 0) is 24.6 Å². The molecule has 0 saturated carbocycles. The average molecular weight is 191 g/mol. The molecule has 0 aliphatic carbocycles. The van der Waals surface area contributed by atoms with E-state index in [1.807, 2.05) is 13.0 Å². The number of benzene rings is 1. The van der Waals surface area contributed by atoms with Crippen molar-refractivity contribution in [3.8, 4) is 11.3 Å². The maximum atomic E-state index is 13.5. The van der Waals surface area contributed by atoms with Gasteiger partial charge in [-0.2, -0.15) is 5.10 Å². The topological polar surface area (TPSA) is 54.7 Å². The number of rotatable bonds is 1. The van der Waals surface area contributed by atoms with E-state index in [0.29, 0.717) is 16.9 Å². The number of aromatic amines is 1. The molecule has 0 fully saturated rings. The molecule has 2 aromatic rings. The molecule has 14 heavy (non-hydrogen) atoms. The van der Waals surface area contributed by atoms with Crippen molar-refractivity contribution in [3.63, 3.8) is 0 Å². The van der Waals surface area contributed by atoms with Crippen LogP contribution in [0.3, 0.4) is 0 Å². The lowest BCUT2D eigenvalue weighted by molar-refractivity contribution is 0.629. The largest absolute Gasteiger partial charge is 0.396 e. The number of anilines is 1. The third kappa shape index (κ3) is 1.35. The number of nitrogens with zero attached hydrogens (tertiary/aromatic N) is 1. The van der Waals surface area contributed by atoms with Crippen LogP contribution < -0.4 is 5.73 Å². The number of nitrogens with one attached hydrogen (secondary N) is 1. The molecular weight excluding hydrogens is 181 g/mol. The Morgan fingerprint density at radius 3 is 2.79 bits per heavy atom. The van der Waals surface area contributed by atoms with E-state index in [-0.39, 0.29) is 5.82 Å². The zero-order valence-corrected chi connectivity index (χ0v) is 7.71. The summed E-state index contributed by atoms with van der Waals surface area (Å²) in [6, 6.07) is 4.99. The monoisotopic (exact) mass is 191 g/mol. The fourth-order valence-corrected chi connectivity index (χ4v) is 1.33. The molecule has 0 radical (unpaired) electrons. The molecule has 72 valence electrons. The fourth-order valence-electron chi connectivity index (χ4n) is 1.33. The first kappa shape index (κ1) is 8.74. The predicted octanol–water partition coefficient (Wildman–Crippen LogP) is 2.11. The third-order valence-electron chi connectivity index (χ3n) is 2.06. The van der Waals surface area contributed by atoms with Gasteiger partial charge in [0.2, 0.25) is 0 Å². The molecule has 0 unspecified atom stereocenters. The SMILES string of the molecule is Cc1ccc(-c2[nH]ncc2N)c(F)c1. The quantitative estimate of drug-likeness (QED) is 0.725. The molecule has 0 spiro atoms. The Hall–Kier alpha value is -1.84. The first-order chi connectivity index (χ1) is 6.68. The molecule has 1 aromatic carbocycles. The third-order valence-corrected chi connectivity index (χ3v) is 2.06. The molecule has 0 aliphatic rings. The van der Waals surface area contributed by atoms with Crippen molar-refractivity contribution in [2.24, 2.45) is 0 Å². The minimum absolute atomic E-state index is 0.291. The number of H-pyrrole nitrogens is 1. The van der Waals surface area contributed by atoms with E-state index < -0.39 is 0 Å². The van der Waals surface area contributed by atoms with E-state index in [9.17, 15) is 4.39 Å². The van der Waals surface area contributed by atoms with Crippen LogP contribution in [0.4, 0.5) is 10.1 Å². The lowest BCUT2D eigenvalue weighted by Crippen LogP contribution is -1.90. The summed E-state index contributed by atoms with van der Waals surface area (Å²) in [4.78, 5) is 0. The van der Waals surface area contributed by atoms with Crippen molar-refractivity contribution in [3.05, 3.63) is 35.8 Å². The van der Waals surface area contributed by atoms with Crippen molar-refractivity contribution in [1.82, 2.24) is 10.2 Å². The van der Waals surface area contributed by atoms with E-state index >= 15 is 0 Å². The van der Waals surface area contributed by atoms with Gasteiger partial charge in [0.15, 0.2) is 0 Å². The molecule has 1 heterocycles. The number of hydrogen-bond donors (Lipinski definition) is 2. The van der Waals surface area contributed by atoms with E-state index in [0.717, 1.165) is 5.56 Å². The maximum absolute atomic E-state index is 13.5. The van der Waals surface area contributed by atoms with Crippen LogP contribution in [0.1, 0.15) is 5.56 Å². The number of aryl methyl sites for hydroxylation is 1. The van der Waals surface area contributed by atoms with Crippen LogP contribution in [-0.2, 0) is 0 Å². The molecule has 0 aliphatic heterocycles. The first-order valence-corrected chi connectivity index (χ1v) is 4.24. The van der Waals surface area contributed by atoms with Gasteiger partial charge in [0.1, 0.15) is 5.82 Å². The summed E-state index contributed by atoms with van der Waals surface area (Å²) >= 11 is 0. The Morgan fingerprint density at radius 2 is 2.21 bits per heavy atom. The molecule has 0 bridgehead atoms. The van der Waals surface area contributed by atoms with Gasteiger partial charge < -0.3 is 5.73 Å². The Bertz CT molecular complexity index is 462. The van der Waals surface area contributed by atoms with E-state index in [1.54, 1.807) is 6.07 Å². The highest BCUT2D eigenvalue weighted by Crippen LogP contribution is 2.25. The summed E-state index contributed by atoms with van der Waals surface area (Å²) in [6.45, 7) is 1.84. The highest BCUT2D eigenvalue weighted by atomic mass is 19.1. The molecule has 4 heteroatoms. The van der Waals surface area contributed by atoms with Crippen LogP contribution in [-0.4, -0.2) is 10.2 Å². The van der Waals surface area contributed by atoms with Gasteiger partial charge in [-0.15, -0.1) is 0 Å². The second-order valence-corrected chi connectivity index (χ2v) is 3.18. The molecule has 0 saturated heterocycles. The van der Waals surface area contributed by atoms with Crippen LogP contribution in [0.5, 0.6) is 0 Å². The summed E-state index contributed by atoms with van der Waals surface area (Å²) in [5.41, 5.74) is 7.93. The van der Waals surface area contributed by atoms with Gasteiger partial charge in [-0.3, -0.25) is 5.10 Å². The standard InChI is InChI=1S/C10H10FN3/c1-6-2-3-7(8(11)4-6)10-9(12)5-13-14-10/h2-5H,12H2,1H3,(H,13,14). The number of hydrogen-bond acceptors (Lipinski definition) is 2. The molecule has 2 rings (SSSR count). The number of halogens is 1. The molecule has 1 aromatic heterocycles. The second kappa shape index (κ2) is 3.14. The van der Waals surface area contributed by atoms with Crippen molar-refractivity contribution in [1.29, 1.82) is 0 Å². The normalized spacial score (nSPS) is 10.4. The Balaban J connectivity index is 2.58. The zero-order valence-electron chi connectivity index (χ0n) is 7.71. The predicted molar refractivity (Wildman–Crippen MR) is 53.1 cm³/mol. The van der Waals surface area contributed by atoms with Crippen molar-refractivity contribution in [2.45, 2.75) is 6.92 Å². The van der Waals surface area contributed by atoms with Gasteiger partial charge in [0.25, 0.3) is 0 Å². The number of nitrogens with two attached hydrogens (primary N) is 1. The highest BCUT2D eigenvalue weighted by molar-refractivity contribution is 5.72. The molecule has 3 N–H and O–H groups in total. The van der Waals surface area contributed by atoms with Crippen LogP contribution in [0.25, 0.3) is 11.3 Å². The molecule has 0 atom stereocenters. The van der Waals surface area contributed by atoms with Crippen LogP contribution in [0, 0.1) is 12.7 Å². The van der Waals surface area contributed by atoms with Gasteiger partial charge in [-0.25, -0.2) is 4.39 Å². The van der Waals surface area contributed by atoms with Crippen LogP contribution in [0.2, 0.25) is 0 Å². The summed E-state index contributed by atoms with van der Waals surface area (Å²) < 4.78 is 13.5. The highest BCUT2D eigenvalue weighted by Gasteiger charge is 2.09. The maximum Gasteiger partial charge on any atom is 0.132 e. The van der Waals surface area contributed by atoms with Crippen molar-refractivity contribution in [2.75, 3.05) is 5.73 Å². The zero-order chi connectivity index (χ0) is 10.1. The average Bonchev–Trinajstić information content (AvgIpc) is 2.52. The van der Waals surface area contributed by atoms with Crippen LogP contribution >= 0.6 is 0 Å². The van der Waals surface area contributed by atoms with E-state index in [2.05, 4.69) is 10.2 Å². The molecular formula is C10H10FN3. The molecule has 0 amide bonds. The van der Waals surface area contributed by atoms with Crippen molar-refractivity contribution >= 4 is 5.69 Å². The number of nitrogen functional groups attached to an aromatic ring is 1. The minimum atomic E-state index is -0.291. The Morgan fingerprint density at radius 1 is 1.43 bits per heavy atom. The van der Waals surface area contributed by atoms with Crippen molar-refractivity contribution < 1.29 is 4.39 Å². The van der Waals surface area contributed by atoms with Gasteiger partial charge >= 0.3 is 0 Å². The summed E-state index contributed by atoms with van der Waals surface area (Å²) in [5, 5.41) is 6.41.